The lowest BCUT2D eigenvalue weighted by Gasteiger charge is -2.24. The van der Waals surface area contributed by atoms with Crippen LogP contribution in [0.1, 0.15) is 37.6 Å². The Morgan fingerprint density at radius 1 is 0.912 bits per heavy atom. The van der Waals surface area contributed by atoms with Gasteiger partial charge in [-0.3, -0.25) is 4.79 Å². The molecule has 3 aromatic carbocycles. The zero-order valence-electron chi connectivity index (χ0n) is 19.2. The van der Waals surface area contributed by atoms with Gasteiger partial charge in [-0.05, 0) is 68.3 Å². The Labute approximate surface area is 197 Å². The van der Waals surface area contributed by atoms with Crippen LogP contribution < -0.4 is 4.31 Å². The van der Waals surface area contributed by atoms with Crippen molar-refractivity contribution in [2.45, 2.75) is 25.7 Å². The molecule has 1 heterocycles. The van der Waals surface area contributed by atoms with E-state index in [9.17, 15) is 18.0 Å². The van der Waals surface area contributed by atoms with Gasteiger partial charge in [-0.15, -0.1) is 0 Å². The average molecular weight is 478 g/mol. The summed E-state index contributed by atoms with van der Waals surface area (Å²) in [5, 5.41) is 0.351. The van der Waals surface area contributed by atoms with Crippen LogP contribution >= 0.6 is 0 Å². The summed E-state index contributed by atoms with van der Waals surface area (Å²) in [6.07, 6.45) is 0. The van der Waals surface area contributed by atoms with Crippen LogP contribution in [0, 0.1) is 20.8 Å². The molecule has 0 atom stereocenters. The van der Waals surface area contributed by atoms with E-state index in [-0.39, 0.29) is 21.7 Å². The summed E-state index contributed by atoms with van der Waals surface area (Å²) in [7, 11) is -3.07. The first kappa shape index (κ1) is 23.3. The number of hydrogen-bond donors (Lipinski definition) is 0. The molecule has 0 radical (unpaired) electrons. The fourth-order valence-electron chi connectivity index (χ4n) is 3.84. The number of hydrogen-bond acceptors (Lipinski definition) is 6. The highest BCUT2D eigenvalue weighted by atomic mass is 32.2. The lowest BCUT2D eigenvalue weighted by Crippen LogP contribution is -2.37. The lowest BCUT2D eigenvalue weighted by molar-refractivity contribution is 0.0600. The van der Waals surface area contributed by atoms with Crippen molar-refractivity contribution in [3.63, 3.8) is 0 Å². The summed E-state index contributed by atoms with van der Waals surface area (Å²) in [6, 6.07) is 17.7. The van der Waals surface area contributed by atoms with Gasteiger partial charge in [-0.2, -0.15) is 4.31 Å². The molecule has 0 aliphatic heterocycles. The third-order valence-corrected chi connectivity index (χ3v) is 7.39. The number of carbonyl (C=O) groups excluding carboxylic acids is 2. The number of esters is 1. The Kier molecular flexibility index (Phi) is 6.01. The van der Waals surface area contributed by atoms with Crippen molar-refractivity contribution in [2.24, 2.45) is 0 Å². The molecular formula is C26H23NO6S. The number of furan rings is 1. The van der Waals surface area contributed by atoms with Crippen LogP contribution in [-0.2, 0) is 14.8 Å². The van der Waals surface area contributed by atoms with E-state index in [0.717, 1.165) is 9.87 Å². The van der Waals surface area contributed by atoms with E-state index in [0.29, 0.717) is 22.3 Å². The SMILES string of the molecule is COC(=O)c1c(C)oc2ccc(N(C(=O)c3ccccc3)S(=O)(=O)c3cc(C)ccc3C)cc12. The lowest BCUT2D eigenvalue weighted by atomic mass is 10.1. The zero-order chi connectivity index (χ0) is 24.6. The van der Waals surface area contributed by atoms with Crippen LogP contribution in [0.25, 0.3) is 11.0 Å². The van der Waals surface area contributed by atoms with Crippen LogP contribution in [0.15, 0.2) is 76.0 Å². The first-order valence-electron chi connectivity index (χ1n) is 10.5. The molecule has 0 unspecified atom stereocenters. The van der Waals surface area contributed by atoms with E-state index >= 15 is 0 Å². The zero-order valence-corrected chi connectivity index (χ0v) is 20.0. The van der Waals surface area contributed by atoms with Gasteiger partial charge in [0.15, 0.2) is 0 Å². The Morgan fingerprint density at radius 2 is 1.62 bits per heavy atom. The van der Waals surface area contributed by atoms with E-state index in [1.54, 1.807) is 63.2 Å². The first-order valence-corrected chi connectivity index (χ1v) is 11.9. The van der Waals surface area contributed by atoms with Gasteiger partial charge in [-0.25, -0.2) is 13.2 Å². The van der Waals surface area contributed by atoms with Crippen LogP contribution in [-0.4, -0.2) is 27.4 Å². The number of carbonyl (C=O) groups is 2. The molecular weight excluding hydrogens is 454 g/mol. The molecule has 0 saturated carbocycles. The monoisotopic (exact) mass is 477 g/mol. The maximum Gasteiger partial charge on any atom is 0.342 e. The van der Waals surface area contributed by atoms with Gasteiger partial charge in [0.05, 0.1) is 17.7 Å². The Morgan fingerprint density at radius 3 is 2.29 bits per heavy atom. The van der Waals surface area contributed by atoms with Crippen LogP contribution in [0.5, 0.6) is 0 Å². The van der Waals surface area contributed by atoms with Crippen molar-refractivity contribution in [1.82, 2.24) is 0 Å². The largest absolute Gasteiger partial charge is 0.465 e. The fourth-order valence-corrected chi connectivity index (χ4v) is 5.56. The normalized spacial score (nSPS) is 11.4. The number of ether oxygens (including phenoxy) is 1. The number of aryl methyl sites for hydroxylation is 3. The Hall–Kier alpha value is -3.91. The van der Waals surface area contributed by atoms with Gasteiger partial charge in [0.2, 0.25) is 0 Å². The quantitative estimate of drug-likeness (QED) is 0.368. The number of rotatable bonds is 5. The minimum Gasteiger partial charge on any atom is -0.465 e. The standard InChI is InChI=1S/C26H23NO6S/c1-16-10-11-17(2)23(14-16)34(30,31)27(25(28)19-8-6-5-7-9-19)20-12-13-22-21(15-20)24(18(3)33-22)26(29)32-4/h5-15H,1-4H3. The Bertz CT molecular complexity index is 1520. The number of benzene rings is 3. The summed E-state index contributed by atoms with van der Waals surface area (Å²) in [5.41, 5.74) is 2.08. The second-order valence-electron chi connectivity index (χ2n) is 7.91. The number of fused-ring (bicyclic) bond motifs is 1. The van der Waals surface area contributed by atoms with Crippen LogP contribution in [0.3, 0.4) is 0 Å². The van der Waals surface area contributed by atoms with Crippen molar-refractivity contribution in [1.29, 1.82) is 0 Å². The highest BCUT2D eigenvalue weighted by molar-refractivity contribution is 7.93. The summed E-state index contributed by atoms with van der Waals surface area (Å²) in [5.74, 6) is -1.01. The summed E-state index contributed by atoms with van der Waals surface area (Å²) in [6.45, 7) is 5.08. The summed E-state index contributed by atoms with van der Waals surface area (Å²) >= 11 is 0. The fraction of sp³-hybridized carbons (Fsp3) is 0.154. The van der Waals surface area contributed by atoms with E-state index in [1.165, 1.54) is 31.4 Å². The van der Waals surface area contributed by atoms with E-state index in [1.807, 2.05) is 0 Å². The highest BCUT2D eigenvalue weighted by Crippen LogP contribution is 2.34. The molecule has 1 amide bonds. The molecule has 1 aromatic heterocycles. The highest BCUT2D eigenvalue weighted by Gasteiger charge is 2.34. The van der Waals surface area contributed by atoms with Crippen molar-refractivity contribution < 1.29 is 27.2 Å². The molecule has 0 bridgehead atoms. The van der Waals surface area contributed by atoms with Gasteiger partial charge in [0.25, 0.3) is 15.9 Å². The number of nitrogens with zero attached hydrogens (tertiary/aromatic N) is 1. The number of methoxy groups -OCH3 is 1. The topological polar surface area (TPSA) is 93.9 Å². The minimum atomic E-state index is -4.32. The molecule has 8 heteroatoms. The van der Waals surface area contributed by atoms with Gasteiger partial charge in [0.1, 0.15) is 16.9 Å². The summed E-state index contributed by atoms with van der Waals surface area (Å²) in [4.78, 5) is 26.0. The van der Waals surface area contributed by atoms with Crippen molar-refractivity contribution in [2.75, 3.05) is 11.4 Å². The maximum absolute atomic E-state index is 13.9. The summed E-state index contributed by atoms with van der Waals surface area (Å²) < 4.78 is 39.1. The molecule has 4 aromatic rings. The molecule has 0 spiro atoms. The number of amides is 1. The van der Waals surface area contributed by atoms with Gasteiger partial charge < -0.3 is 9.15 Å². The van der Waals surface area contributed by atoms with Gasteiger partial charge >= 0.3 is 5.97 Å². The maximum atomic E-state index is 13.9. The molecule has 0 N–H and O–H groups in total. The first-order chi connectivity index (χ1) is 16.1. The molecule has 4 rings (SSSR count). The molecule has 0 saturated heterocycles. The van der Waals surface area contributed by atoms with E-state index < -0.39 is 21.9 Å². The number of anilines is 1. The smallest absolute Gasteiger partial charge is 0.342 e. The van der Waals surface area contributed by atoms with Crippen molar-refractivity contribution in [3.05, 3.63) is 94.7 Å². The average Bonchev–Trinajstić information content (AvgIpc) is 3.15. The van der Waals surface area contributed by atoms with Gasteiger partial charge in [0, 0.05) is 10.9 Å². The van der Waals surface area contributed by atoms with Gasteiger partial charge in [-0.1, -0.05) is 30.3 Å². The van der Waals surface area contributed by atoms with Crippen molar-refractivity contribution in [3.8, 4) is 0 Å². The van der Waals surface area contributed by atoms with Crippen LogP contribution in [0.2, 0.25) is 0 Å². The minimum absolute atomic E-state index is 0.0217. The second-order valence-corrected chi connectivity index (χ2v) is 9.67. The Balaban J connectivity index is 1.99. The van der Waals surface area contributed by atoms with Crippen LogP contribution in [0.4, 0.5) is 5.69 Å². The molecule has 0 aliphatic rings. The predicted molar refractivity (Wildman–Crippen MR) is 129 cm³/mol. The molecule has 0 aliphatic carbocycles. The van der Waals surface area contributed by atoms with E-state index in [2.05, 4.69) is 0 Å². The number of sulfonamides is 1. The molecule has 0 fully saturated rings. The van der Waals surface area contributed by atoms with Crippen molar-refractivity contribution >= 4 is 38.6 Å². The predicted octanol–water partition coefficient (Wildman–Crippen LogP) is 5.18. The third kappa shape index (κ3) is 3.97. The molecule has 174 valence electrons. The second kappa shape index (κ2) is 8.79. The van der Waals surface area contributed by atoms with E-state index in [4.69, 9.17) is 9.15 Å². The molecule has 34 heavy (non-hydrogen) atoms. The third-order valence-electron chi connectivity index (χ3n) is 5.54. The molecule has 7 nitrogen and oxygen atoms in total.